The van der Waals surface area contributed by atoms with E-state index in [1.165, 1.54) is 6.92 Å². The van der Waals surface area contributed by atoms with Crippen LogP contribution in [0, 0.1) is 0 Å². The fraction of sp³-hybridized carbons (Fsp3) is 0.889. The molecule has 142 valence electrons. The maximum Gasteiger partial charge on any atom is 0.306 e. The molecule has 0 aliphatic rings. The molecule has 6 nitrogen and oxygen atoms in total. The summed E-state index contributed by atoms with van der Waals surface area (Å²) in [6.07, 6.45) is 2.10. The van der Waals surface area contributed by atoms with Crippen molar-refractivity contribution in [1.82, 2.24) is 0 Å². The van der Waals surface area contributed by atoms with E-state index in [9.17, 15) is 9.59 Å². The molecule has 0 rings (SSSR count). The van der Waals surface area contributed by atoms with Gasteiger partial charge in [0.1, 0.15) is 11.9 Å². The summed E-state index contributed by atoms with van der Waals surface area (Å²) in [7, 11) is 0. The number of unbranched alkanes of at least 4 members (excludes halogenated alkanes) is 1. The van der Waals surface area contributed by atoms with Crippen LogP contribution in [0.15, 0.2) is 0 Å². The van der Waals surface area contributed by atoms with Gasteiger partial charge in [0.15, 0.2) is 0 Å². The number of carbonyl (C=O) groups is 2. The molecule has 0 aromatic rings. The molecule has 0 N–H and O–H groups in total. The maximum atomic E-state index is 11.5. The summed E-state index contributed by atoms with van der Waals surface area (Å²) in [6, 6.07) is 0. The van der Waals surface area contributed by atoms with Gasteiger partial charge < -0.3 is 23.7 Å². The van der Waals surface area contributed by atoms with Crippen LogP contribution in [-0.2, 0) is 28.5 Å². The molecular formula is C18H34O6. The Morgan fingerprint density at radius 2 is 1.46 bits per heavy atom. The van der Waals surface area contributed by atoms with Crippen LogP contribution in [0.5, 0.6) is 0 Å². The monoisotopic (exact) mass is 346 g/mol. The van der Waals surface area contributed by atoms with Crippen molar-refractivity contribution < 1.29 is 28.5 Å². The number of Topliss-reactive ketones (excluding diaryl/α,β-unsaturated/α-hetero) is 1. The lowest BCUT2D eigenvalue weighted by molar-refractivity contribution is -0.153. The van der Waals surface area contributed by atoms with Gasteiger partial charge in [0.2, 0.25) is 0 Å². The predicted molar refractivity (Wildman–Crippen MR) is 92.0 cm³/mol. The van der Waals surface area contributed by atoms with E-state index in [4.69, 9.17) is 18.9 Å². The highest BCUT2D eigenvalue weighted by Crippen LogP contribution is 2.03. The third-order valence-corrected chi connectivity index (χ3v) is 3.24. The zero-order valence-corrected chi connectivity index (χ0v) is 15.8. The van der Waals surface area contributed by atoms with Crippen molar-refractivity contribution >= 4 is 11.8 Å². The number of ether oxygens (including phenoxy) is 4. The van der Waals surface area contributed by atoms with Crippen LogP contribution in [0.2, 0.25) is 0 Å². The first-order valence-electron chi connectivity index (χ1n) is 8.85. The summed E-state index contributed by atoms with van der Waals surface area (Å²) in [5.41, 5.74) is 0. The number of hydrogen-bond donors (Lipinski definition) is 0. The van der Waals surface area contributed by atoms with Crippen molar-refractivity contribution in [2.45, 2.75) is 78.6 Å². The minimum absolute atomic E-state index is 0.0191. The van der Waals surface area contributed by atoms with E-state index >= 15 is 0 Å². The lowest BCUT2D eigenvalue weighted by Gasteiger charge is -2.20. The summed E-state index contributed by atoms with van der Waals surface area (Å²) in [4.78, 5) is 22.3. The van der Waals surface area contributed by atoms with Gasteiger partial charge >= 0.3 is 5.97 Å². The van der Waals surface area contributed by atoms with Crippen molar-refractivity contribution in [2.75, 3.05) is 26.4 Å². The number of carbonyl (C=O) groups excluding carboxylic acids is 2. The number of rotatable bonds is 15. The average Bonchev–Trinajstić information content (AvgIpc) is 2.53. The first kappa shape index (κ1) is 23.0. The van der Waals surface area contributed by atoms with Gasteiger partial charge in [-0.25, -0.2) is 0 Å². The Balaban J connectivity index is 3.70. The Kier molecular flexibility index (Phi) is 13.8. The van der Waals surface area contributed by atoms with Crippen molar-refractivity contribution in [1.29, 1.82) is 0 Å². The highest BCUT2D eigenvalue weighted by Gasteiger charge is 2.13. The van der Waals surface area contributed by atoms with E-state index in [1.807, 2.05) is 13.8 Å². The van der Waals surface area contributed by atoms with Crippen molar-refractivity contribution in [3.63, 3.8) is 0 Å². The van der Waals surface area contributed by atoms with Crippen molar-refractivity contribution in [3.8, 4) is 0 Å². The molecule has 0 amide bonds. The van der Waals surface area contributed by atoms with Crippen LogP contribution in [-0.4, -0.2) is 56.5 Å². The third-order valence-electron chi connectivity index (χ3n) is 3.24. The van der Waals surface area contributed by atoms with Gasteiger partial charge in [0.25, 0.3) is 0 Å². The normalized spacial score (nSPS) is 14.9. The van der Waals surface area contributed by atoms with Crippen LogP contribution >= 0.6 is 0 Å². The second-order valence-electron chi connectivity index (χ2n) is 6.22. The predicted octanol–water partition coefficient (Wildman–Crippen LogP) is 2.91. The third kappa shape index (κ3) is 14.6. The summed E-state index contributed by atoms with van der Waals surface area (Å²) in [5.74, 6) is -0.391. The summed E-state index contributed by atoms with van der Waals surface area (Å²) < 4.78 is 22.0. The van der Waals surface area contributed by atoms with E-state index in [1.54, 1.807) is 6.92 Å². The standard InChI is InChI=1S/C18H34O6/c1-6-7-10-21-11-15(3)22-12-16(4)23-13-17(5)24-18(20)9-8-14(2)19/h15-17H,6-13H2,1-5H3. The fourth-order valence-electron chi connectivity index (χ4n) is 1.79. The molecule has 0 aliphatic carbocycles. The summed E-state index contributed by atoms with van der Waals surface area (Å²) in [6.45, 7) is 11.3. The molecular weight excluding hydrogens is 312 g/mol. The lowest BCUT2D eigenvalue weighted by Crippen LogP contribution is -2.27. The molecule has 6 heteroatoms. The molecule has 0 aromatic heterocycles. The molecule has 0 aromatic carbocycles. The quantitative estimate of drug-likeness (QED) is 0.335. The minimum Gasteiger partial charge on any atom is -0.460 e. The molecule has 24 heavy (non-hydrogen) atoms. The van der Waals surface area contributed by atoms with Crippen molar-refractivity contribution in [3.05, 3.63) is 0 Å². The van der Waals surface area contributed by atoms with E-state index in [2.05, 4.69) is 6.92 Å². The molecule has 0 saturated carbocycles. The van der Waals surface area contributed by atoms with E-state index < -0.39 is 0 Å². The molecule has 0 heterocycles. The molecule has 3 atom stereocenters. The Morgan fingerprint density at radius 3 is 2.04 bits per heavy atom. The second-order valence-corrected chi connectivity index (χ2v) is 6.22. The van der Waals surface area contributed by atoms with Gasteiger partial charge in [0.05, 0.1) is 38.4 Å². The van der Waals surface area contributed by atoms with E-state index in [0.29, 0.717) is 19.8 Å². The van der Waals surface area contributed by atoms with Gasteiger partial charge in [-0.15, -0.1) is 0 Å². The minimum atomic E-state index is -0.372. The largest absolute Gasteiger partial charge is 0.460 e. The second kappa shape index (κ2) is 14.4. The van der Waals surface area contributed by atoms with Gasteiger partial charge in [-0.05, 0) is 34.1 Å². The first-order chi connectivity index (χ1) is 11.3. The Bertz CT molecular complexity index is 344. The summed E-state index contributed by atoms with van der Waals surface area (Å²) in [5, 5.41) is 0. The maximum absolute atomic E-state index is 11.5. The topological polar surface area (TPSA) is 71.1 Å². The molecule has 0 aliphatic heterocycles. The van der Waals surface area contributed by atoms with Gasteiger partial charge in [-0.3, -0.25) is 4.79 Å². The highest BCUT2D eigenvalue weighted by atomic mass is 16.6. The zero-order chi connectivity index (χ0) is 18.4. The van der Waals surface area contributed by atoms with E-state index in [-0.39, 0.29) is 42.9 Å². The number of hydrogen-bond acceptors (Lipinski definition) is 6. The van der Waals surface area contributed by atoms with Crippen molar-refractivity contribution in [2.24, 2.45) is 0 Å². The Labute approximate surface area is 146 Å². The average molecular weight is 346 g/mol. The van der Waals surface area contributed by atoms with Crippen LogP contribution in [0.4, 0.5) is 0 Å². The Hall–Kier alpha value is -0.980. The Morgan fingerprint density at radius 1 is 0.875 bits per heavy atom. The summed E-state index contributed by atoms with van der Waals surface area (Å²) >= 11 is 0. The smallest absolute Gasteiger partial charge is 0.306 e. The van der Waals surface area contributed by atoms with E-state index in [0.717, 1.165) is 19.4 Å². The lowest BCUT2D eigenvalue weighted by atomic mass is 10.2. The van der Waals surface area contributed by atoms with Gasteiger partial charge in [-0.1, -0.05) is 13.3 Å². The van der Waals surface area contributed by atoms with Crippen LogP contribution in [0.3, 0.4) is 0 Å². The zero-order valence-electron chi connectivity index (χ0n) is 15.8. The SMILES string of the molecule is CCCCOCC(C)OCC(C)OCC(C)OC(=O)CCC(C)=O. The number of esters is 1. The molecule has 0 radical (unpaired) electrons. The van der Waals surface area contributed by atoms with Crippen LogP contribution in [0.25, 0.3) is 0 Å². The molecule has 3 unspecified atom stereocenters. The molecule has 0 bridgehead atoms. The molecule has 0 spiro atoms. The van der Waals surface area contributed by atoms with Gasteiger partial charge in [0, 0.05) is 13.0 Å². The van der Waals surface area contributed by atoms with Crippen LogP contribution in [0.1, 0.15) is 60.3 Å². The molecule has 0 saturated heterocycles. The van der Waals surface area contributed by atoms with Gasteiger partial charge in [-0.2, -0.15) is 0 Å². The highest BCUT2D eigenvalue weighted by molar-refractivity contribution is 5.81. The molecule has 0 fully saturated rings. The first-order valence-corrected chi connectivity index (χ1v) is 8.85. The fourth-order valence-corrected chi connectivity index (χ4v) is 1.79. The number of ketones is 1. The van der Waals surface area contributed by atoms with Crippen LogP contribution < -0.4 is 0 Å².